The van der Waals surface area contributed by atoms with Gasteiger partial charge in [-0.2, -0.15) is 0 Å². The van der Waals surface area contributed by atoms with Crippen LogP contribution in [0.25, 0.3) is 0 Å². The maximum Gasteiger partial charge on any atom is 0.241 e. The van der Waals surface area contributed by atoms with Crippen LogP contribution in [0.1, 0.15) is 19.4 Å². The van der Waals surface area contributed by atoms with Crippen LogP contribution in [0.4, 0.5) is 0 Å². The van der Waals surface area contributed by atoms with E-state index in [1.165, 1.54) is 0 Å². The molecule has 0 saturated heterocycles. The van der Waals surface area contributed by atoms with Gasteiger partial charge in [-0.3, -0.25) is 4.98 Å². The number of nitrogens with one attached hydrogen (secondary N) is 1. The molecule has 0 radical (unpaired) electrons. The molecule has 1 aromatic carbocycles. The number of rotatable bonds is 4. The fourth-order valence-corrected chi connectivity index (χ4v) is 3.21. The van der Waals surface area contributed by atoms with Crippen molar-refractivity contribution in [2.24, 2.45) is 0 Å². The third-order valence-corrected chi connectivity index (χ3v) is 4.50. The molecule has 0 saturated carbocycles. The lowest BCUT2D eigenvalue weighted by Gasteiger charge is -2.26. The average molecular weight is 276 g/mol. The van der Waals surface area contributed by atoms with Gasteiger partial charge in [0.05, 0.1) is 10.4 Å². The highest BCUT2D eigenvalue weighted by Crippen LogP contribution is 2.22. The second-order valence-corrected chi connectivity index (χ2v) is 6.47. The summed E-state index contributed by atoms with van der Waals surface area (Å²) in [5.74, 6) is 0. The monoisotopic (exact) mass is 276 g/mol. The molecule has 0 unspecified atom stereocenters. The van der Waals surface area contributed by atoms with E-state index < -0.39 is 15.6 Å². The first-order valence-electron chi connectivity index (χ1n) is 5.91. The van der Waals surface area contributed by atoms with Crippen molar-refractivity contribution in [2.45, 2.75) is 24.3 Å². The van der Waals surface area contributed by atoms with Crippen molar-refractivity contribution in [1.82, 2.24) is 9.71 Å². The lowest BCUT2D eigenvalue weighted by atomic mass is 9.98. The van der Waals surface area contributed by atoms with Crippen LogP contribution in [-0.2, 0) is 15.6 Å². The minimum absolute atomic E-state index is 0.256. The number of sulfonamides is 1. The van der Waals surface area contributed by atoms with Gasteiger partial charge in [-0.1, -0.05) is 24.3 Å². The summed E-state index contributed by atoms with van der Waals surface area (Å²) in [5.41, 5.74) is 0.0950. The molecule has 0 fully saturated rings. The molecule has 0 amide bonds. The lowest BCUT2D eigenvalue weighted by Crippen LogP contribution is -2.40. The van der Waals surface area contributed by atoms with E-state index in [4.69, 9.17) is 0 Å². The van der Waals surface area contributed by atoms with Crippen LogP contribution in [0.2, 0.25) is 0 Å². The van der Waals surface area contributed by atoms with Gasteiger partial charge in [-0.25, -0.2) is 13.1 Å². The normalized spacial score (nSPS) is 12.3. The minimum atomic E-state index is -3.54. The second kappa shape index (κ2) is 5.11. The van der Waals surface area contributed by atoms with E-state index in [0.717, 1.165) is 5.56 Å². The molecule has 1 heterocycles. The summed E-state index contributed by atoms with van der Waals surface area (Å²) in [6.45, 7) is 3.62. The molecule has 0 atom stereocenters. The Morgan fingerprint density at radius 3 is 2.32 bits per heavy atom. The first-order chi connectivity index (χ1) is 8.92. The zero-order valence-electron chi connectivity index (χ0n) is 10.9. The molecule has 4 nitrogen and oxygen atoms in total. The minimum Gasteiger partial charge on any atom is -0.264 e. The summed E-state index contributed by atoms with van der Waals surface area (Å²) in [6.07, 6.45) is 3.32. The van der Waals surface area contributed by atoms with Crippen LogP contribution < -0.4 is 4.72 Å². The summed E-state index contributed by atoms with van der Waals surface area (Å²) < 4.78 is 27.3. The van der Waals surface area contributed by atoms with Crippen molar-refractivity contribution < 1.29 is 8.42 Å². The predicted molar refractivity (Wildman–Crippen MR) is 74.0 cm³/mol. The second-order valence-electron chi connectivity index (χ2n) is 4.79. The molecule has 1 N–H and O–H groups in total. The Labute approximate surface area is 113 Å². The van der Waals surface area contributed by atoms with Gasteiger partial charge in [-0.05, 0) is 37.6 Å². The topological polar surface area (TPSA) is 59.1 Å². The predicted octanol–water partition coefficient (Wildman–Crippen LogP) is 2.30. The van der Waals surface area contributed by atoms with Crippen molar-refractivity contribution in [3.63, 3.8) is 0 Å². The van der Waals surface area contributed by atoms with Gasteiger partial charge >= 0.3 is 0 Å². The summed E-state index contributed by atoms with van der Waals surface area (Å²) in [4.78, 5) is 4.28. The summed E-state index contributed by atoms with van der Waals surface area (Å²) >= 11 is 0. The molecule has 1 aromatic heterocycles. The van der Waals surface area contributed by atoms with Gasteiger partial charge in [0.25, 0.3) is 0 Å². The molecule has 2 aromatic rings. The highest BCUT2D eigenvalue weighted by molar-refractivity contribution is 7.89. The van der Waals surface area contributed by atoms with E-state index in [2.05, 4.69) is 9.71 Å². The third kappa shape index (κ3) is 3.19. The van der Waals surface area contributed by atoms with E-state index in [0.29, 0.717) is 0 Å². The van der Waals surface area contributed by atoms with Crippen LogP contribution >= 0.6 is 0 Å². The van der Waals surface area contributed by atoms with Gasteiger partial charge in [0.2, 0.25) is 10.0 Å². The standard InChI is InChI=1S/C14H16N2O2S/c1-14(2,12-7-6-10-15-11-12)16-19(17,18)13-8-4-3-5-9-13/h3-11,16H,1-2H3. The van der Waals surface area contributed by atoms with E-state index in [1.807, 2.05) is 19.9 Å². The molecule has 0 aliphatic carbocycles. The summed E-state index contributed by atoms with van der Waals surface area (Å²) in [5, 5.41) is 0. The van der Waals surface area contributed by atoms with Crippen molar-refractivity contribution in [2.75, 3.05) is 0 Å². The first kappa shape index (κ1) is 13.7. The Bertz CT molecular complexity index is 638. The highest BCUT2D eigenvalue weighted by atomic mass is 32.2. The largest absolute Gasteiger partial charge is 0.264 e. The van der Waals surface area contributed by atoms with Gasteiger partial charge in [0.15, 0.2) is 0 Å². The molecule has 100 valence electrons. The lowest BCUT2D eigenvalue weighted by molar-refractivity contribution is 0.470. The van der Waals surface area contributed by atoms with Crippen LogP contribution in [0.15, 0.2) is 59.8 Å². The Hall–Kier alpha value is -1.72. The van der Waals surface area contributed by atoms with Gasteiger partial charge < -0.3 is 0 Å². The molecule has 2 rings (SSSR count). The smallest absolute Gasteiger partial charge is 0.241 e. The first-order valence-corrected chi connectivity index (χ1v) is 7.40. The fraction of sp³-hybridized carbons (Fsp3) is 0.214. The van der Waals surface area contributed by atoms with Gasteiger partial charge in [-0.15, -0.1) is 0 Å². The van der Waals surface area contributed by atoms with E-state index in [1.54, 1.807) is 48.8 Å². The number of nitrogens with zero attached hydrogens (tertiary/aromatic N) is 1. The van der Waals surface area contributed by atoms with E-state index in [9.17, 15) is 8.42 Å². The van der Waals surface area contributed by atoms with Crippen LogP contribution in [0.3, 0.4) is 0 Å². The number of hydrogen-bond donors (Lipinski definition) is 1. The average Bonchev–Trinajstić information content (AvgIpc) is 2.40. The van der Waals surface area contributed by atoms with Crippen LogP contribution in [-0.4, -0.2) is 13.4 Å². The summed E-state index contributed by atoms with van der Waals surface area (Å²) in [6, 6.07) is 12.0. The molecule has 0 spiro atoms. The van der Waals surface area contributed by atoms with Gasteiger partial charge in [0.1, 0.15) is 0 Å². The molecular formula is C14H16N2O2S. The molecule has 5 heteroatoms. The fourth-order valence-electron chi connectivity index (χ4n) is 1.79. The number of aromatic nitrogens is 1. The molecule has 0 aliphatic rings. The van der Waals surface area contributed by atoms with Crippen LogP contribution in [0.5, 0.6) is 0 Å². The van der Waals surface area contributed by atoms with Crippen molar-refractivity contribution in [3.8, 4) is 0 Å². The quantitative estimate of drug-likeness (QED) is 0.932. The zero-order valence-corrected chi connectivity index (χ0v) is 11.7. The molecule has 19 heavy (non-hydrogen) atoms. The molecule has 0 aliphatic heterocycles. The maximum absolute atomic E-state index is 12.3. The third-order valence-electron chi connectivity index (χ3n) is 2.83. The van der Waals surface area contributed by atoms with Gasteiger partial charge in [0, 0.05) is 12.4 Å². The Balaban J connectivity index is 2.31. The van der Waals surface area contributed by atoms with Crippen molar-refractivity contribution in [1.29, 1.82) is 0 Å². The van der Waals surface area contributed by atoms with E-state index in [-0.39, 0.29) is 4.90 Å². The Morgan fingerprint density at radius 1 is 1.05 bits per heavy atom. The Morgan fingerprint density at radius 2 is 1.74 bits per heavy atom. The zero-order chi connectivity index (χ0) is 13.9. The Kier molecular flexibility index (Phi) is 3.68. The van der Waals surface area contributed by atoms with Crippen molar-refractivity contribution >= 4 is 10.0 Å². The van der Waals surface area contributed by atoms with E-state index >= 15 is 0 Å². The number of hydrogen-bond acceptors (Lipinski definition) is 3. The molecular weight excluding hydrogens is 260 g/mol. The van der Waals surface area contributed by atoms with Crippen LogP contribution in [0, 0.1) is 0 Å². The highest BCUT2D eigenvalue weighted by Gasteiger charge is 2.27. The summed E-state index contributed by atoms with van der Waals surface area (Å²) in [7, 11) is -3.54. The number of pyridine rings is 1. The molecule has 0 bridgehead atoms. The van der Waals surface area contributed by atoms with Crippen molar-refractivity contribution in [3.05, 3.63) is 60.4 Å². The maximum atomic E-state index is 12.3. The number of benzene rings is 1. The SMILES string of the molecule is CC(C)(NS(=O)(=O)c1ccccc1)c1cccnc1.